The van der Waals surface area contributed by atoms with E-state index in [9.17, 15) is 14.0 Å². The van der Waals surface area contributed by atoms with Crippen LogP contribution in [0.25, 0.3) is 0 Å². The Balaban J connectivity index is 1.65. The summed E-state index contributed by atoms with van der Waals surface area (Å²) in [7, 11) is 1.52. The first-order valence-corrected chi connectivity index (χ1v) is 9.61. The standard InChI is InChI=1S/C21H24FN5O4/c1-30-17-8-3-2-6-15(17)19(28)27-11-9-26(10-12-27)16-7-4-5-14(18(16)22)13-31-21(29)25-20(23)24/h2-8H,9-13H2,1H3,(H4,23,24,25,29). The van der Waals surface area contributed by atoms with Gasteiger partial charge in [-0.05, 0) is 18.2 Å². The number of nitrogens with two attached hydrogens (primary N) is 2. The maximum atomic E-state index is 15.0. The van der Waals surface area contributed by atoms with E-state index in [0.717, 1.165) is 0 Å². The molecular weight excluding hydrogens is 405 g/mol. The largest absolute Gasteiger partial charge is 0.496 e. The Morgan fingerprint density at radius 3 is 2.45 bits per heavy atom. The summed E-state index contributed by atoms with van der Waals surface area (Å²) in [6.07, 6.45) is -0.992. The van der Waals surface area contributed by atoms with Gasteiger partial charge in [0.05, 0.1) is 18.4 Å². The van der Waals surface area contributed by atoms with Crippen molar-refractivity contribution in [1.82, 2.24) is 4.90 Å². The van der Waals surface area contributed by atoms with Crippen LogP contribution in [-0.4, -0.2) is 56.1 Å². The molecule has 31 heavy (non-hydrogen) atoms. The molecule has 2 amide bonds. The van der Waals surface area contributed by atoms with Crippen molar-refractivity contribution in [3.8, 4) is 5.75 Å². The molecule has 1 saturated heterocycles. The minimum absolute atomic E-state index is 0.127. The number of hydrogen-bond donors (Lipinski definition) is 2. The minimum Gasteiger partial charge on any atom is -0.496 e. The Morgan fingerprint density at radius 2 is 1.77 bits per heavy atom. The van der Waals surface area contributed by atoms with Crippen molar-refractivity contribution in [3.05, 3.63) is 59.4 Å². The number of rotatable bonds is 5. The molecule has 0 radical (unpaired) electrons. The molecule has 1 aliphatic rings. The Bertz CT molecular complexity index is 985. The normalized spacial score (nSPS) is 13.5. The number of carbonyl (C=O) groups is 2. The Kier molecular flexibility index (Phi) is 6.91. The number of benzene rings is 2. The Morgan fingerprint density at radius 1 is 1.06 bits per heavy atom. The number of nitrogens with zero attached hydrogens (tertiary/aromatic N) is 3. The van der Waals surface area contributed by atoms with Gasteiger partial charge in [-0.15, -0.1) is 4.99 Å². The molecule has 2 aromatic carbocycles. The van der Waals surface area contributed by atoms with Crippen LogP contribution in [-0.2, 0) is 11.3 Å². The molecule has 4 N–H and O–H groups in total. The number of carbonyl (C=O) groups excluding carboxylic acids is 2. The van der Waals surface area contributed by atoms with E-state index in [1.807, 2.05) is 4.90 Å². The molecule has 0 bridgehead atoms. The predicted molar refractivity (Wildman–Crippen MR) is 114 cm³/mol. The molecule has 2 aromatic rings. The SMILES string of the molecule is COc1ccccc1C(=O)N1CCN(c2cccc(COC(=O)N=C(N)N)c2F)CC1. The van der Waals surface area contributed by atoms with Crippen molar-refractivity contribution in [3.63, 3.8) is 0 Å². The molecule has 164 valence electrons. The van der Waals surface area contributed by atoms with Gasteiger partial charge in [-0.1, -0.05) is 24.3 Å². The lowest BCUT2D eigenvalue weighted by atomic mass is 10.1. The monoisotopic (exact) mass is 429 g/mol. The smallest absolute Gasteiger partial charge is 0.437 e. The highest BCUT2D eigenvalue weighted by molar-refractivity contribution is 5.97. The second kappa shape index (κ2) is 9.79. The van der Waals surface area contributed by atoms with E-state index in [2.05, 4.69) is 4.99 Å². The number of ether oxygens (including phenoxy) is 2. The van der Waals surface area contributed by atoms with E-state index in [1.54, 1.807) is 41.3 Å². The Labute approximate surface area is 179 Å². The van der Waals surface area contributed by atoms with Crippen LogP contribution in [0.2, 0.25) is 0 Å². The zero-order valence-corrected chi connectivity index (χ0v) is 17.1. The van der Waals surface area contributed by atoms with E-state index in [0.29, 0.717) is 43.2 Å². The van der Waals surface area contributed by atoms with E-state index < -0.39 is 17.9 Å². The molecule has 1 heterocycles. The van der Waals surface area contributed by atoms with E-state index >= 15 is 0 Å². The number of piperazine rings is 1. The third-order valence-corrected chi connectivity index (χ3v) is 4.87. The summed E-state index contributed by atoms with van der Waals surface area (Å²) in [5, 5.41) is 0. The fraction of sp³-hybridized carbons (Fsp3) is 0.286. The maximum absolute atomic E-state index is 15.0. The summed E-state index contributed by atoms with van der Waals surface area (Å²) >= 11 is 0. The number of hydrogen-bond acceptors (Lipinski definition) is 5. The molecule has 1 aliphatic heterocycles. The summed E-state index contributed by atoms with van der Waals surface area (Å²) < 4.78 is 25.1. The zero-order chi connectivity index (χ0) is 22.4. The van der Waals surface area contributed by atoms with Gasteiger partial charge in [0.15, 0.2) is 11.8 Å². The average Bonchev–Trinajstić information content (AvgIpc) is 2.77. The summed E-state index contributed by atoms with van der Waals surface area (Å²) in [4.78, 5) is 31.1. The van der Waals surface area contributed by atoms with Crippen molar-refractivity contribution in [2.24, 2.45) is 16.5 Å². The molecule has 9 nitrogen and oxygen atoms in total. The highest BCUT2D eigenvalue weighted by Gasteiger charge is 2.26. The fourth-order valence-electron chi connectivity index (χ4n) is 3.34. The number of halogens is 1. The third kappa shape index (κ3) is 5.21. The van der Waals surface area contributed by atoms with Crippen molar-refractivity contribution < 1.29 is 23.5 Å². The highest BCUT2D eigenvalue weighted by Crippen LogP contribution is 2.25. The summed E-state index contributed by atoms with van der Waals surface area (Å²) in [6, 6.07) is 11.9. The molecule has 0 atom stereocenters. The predicted octanol–water partition coefficient (Wildman–Crippen LogP) is 1.71. The van der Waals surface area contributed by atoms with Crippen molar-refractivity contribution in [2.75, 3.05) is 38.2 Å². The van der Waals surface area contributed by atoms with Gasteiger partial charge in [0, 0.05) is 31.7 Å². The fourth-order valence-corrected chi connectivity index (χ4v) is 3.34. The van der Waals surface area contributed by atoms with Crippen molar-refractivity contribution in [1.29, 1.82) is 0 Å². The zero-order valence-electron chi connectivity index (χ0n) is 17.1. The molecule has 0 spiro atoms. The lowest BCUT2D eigenvalue weighted by molar-refractivity contribution is 0.0743. The molecule has 0 aliphatic carbocycles. The molecule has 0 saturated carbocycles. The highest BCUT2D eigenvalue weighted by atomic mass is 19.1. The lowest BCUT2D eigenvalue weighted by Crippen LogP contribution is -2.49. The van der Waals surface area contributed by atoms with Crippen molar-refractivity contribution >= 4 is 23.6 Å². The summed E-state index contributed by atoms with van der Waals surface area (Å²) in [5.41, 5.74) is 11.3. The molecule has 1 fully saturated rings. The topological polar surface area (TPSA) is 123 Å². The summed E-state index contributed by atoms with van der Waals surface area (Å²) in [6.45, 7) is 1.46. The van der Waals surface area contributed by atoms with Gasteiger partial charge in [0.25, 0.3) is 5.91 Å². The van der Waals surface area contributed by atoms with Crippen LogP contribution < -0.4 is 21.1 Å². The number of anilines is 1. The number of guanidine groups is 1. The quantitative estimate of drug-likeness (QED) is 0.548. The molecule has 10 heteroatoms. The van der Waals surface area contributed by atoms with E-state index in [-0.39, 0.29) is 18.1 Å². The third-order valence-electron chi connectivity index (χ3n) is 4.87. The van der Waals surface area contributed by atoms with Gasteiger partial charge in [-0.3, -0.25) is 4.79 Å². The lowest BCUT2D eigenvalue weighted by Gasteiger charge is -2.36. The Hall–Kier alpha value is -3.82. The van der Waals surface area contributed by atoms with Gasteiger partial charge >= 0.3 is 6.09 Å². The van der Waals surface area contributed by atoms with Crippen molar-refractivity contribution in [2.45, 2.75) is 6.61 Å². The van der Waals surface area contributed by atoms with E-state index in [4.69, 9.17) is 20.9 Å². The minimum atomic E-state index is -0.992. The van der Waals surface area contributed by atoms with Gasteiger partial charge in [-0.25, -0.2) is 9.18 Å². The van der Waals surface area contributed by atoms with Gasteiger partial charge in [0.2, 0.25) is 0 Å². The number of aliphatic imine (C=N–C) groups is 1. The number of para-hydroxylation sites is 1. The van der Waals surface area contributed by atoms with Crippen LogP contribution in [0.15, 0.2) is 47.5 Å². The van der Waals surface area contributed by atoms with Gasteiger partial charge in [-0.2, -0.15) is 0 Å². The van der Waals surface area contributed by atoms with Crippen LogP contribution in [0.3, 0.4) is 0 Å². The second-order valence-electron chi connectivity index (χ2n) is 6.82. The van der Waals surface area contributed by atoms with E-state index in [1.165, 1.54) is 13.2 Å². The van der Waals surface area contributed by atoms with Crippen LogP contribution in [0.5, 0.6) is 5.75 Å². The number of amides is 2. The first-order chi connectivity index (χ1) is 14.9. The molecule has 0 unspecified atom stereocenters. The first kappa shape index (κ1) is 21.9. The molecule has 0 aromatic heterocycles. The van der Waals surface area contributed by atoms with Gasteiger partial charge < -0.3 is 30.7 Å². The second-order valence-corrected chi connectivity index (χ2v) is 6.82. The van der Waals surface area contributed by atoms with Crippen LogP contribution in [0.1, 0.15) is 15.9 Å². The van der Waals surface area contributed by atoms with Crippen LogP contribution >= 0.6 is 0 Å². The van der Waals surface area contributed by atoms with Crippen LogP contribution in [0.4, 0.5) is 14.9 Å². The van der Waals surface area contributed by atoms with Gasteiger partial charge in [0.1, 0.15) is 12.4 Å². The maximum Gasteiger partial charge on any atom is 0.437 e. The average molecular weight is 429 g/mol. The molecular formula is C21H24FN5O4. The van der Waals surface area contributed by atoms with Crippen LogP contribution in [0, 0.1) is 5.82 Å². The number of methoxy groups -OCH3 is 1. The summed E-state index contributed by atoms with van der Waals surface area (Å²) in [5.74, 6) is -0.536. The molecule has 3 rings (SSSR count). The first-order valence-electron chi connectivity index (χ1n) is 9.61.